The van der Waals surface area contributed by atoms with Crippen LogP contribution in [0.4, 0.5) is 0 Å². The number of hydrogen-bond acceptors (Lipinski definition) is 2. The highest BCUT2D eigenvalue weighted by atomic mass is 31.2. The summed E-state index contributed by atoms with van der Waals surface area (Å²) in [4.78, 5) is 0. The van der Waals surface area contributed by atoms with Gasteiger partial charge in [-0.05, 0) is 93.1 Å². The van der Waals surface area contributed by atoms with Gasteiger partial charge in [-0.25, -0.2) is 0 Å². The molecule has 0 bridgehead atoms. The zero-order chi connectivity index (χ0) is 19.6. The molecular weight excluding hydrogens is 351 g/mol. The Balaban J connectivity index is 2.04. The van der Waals surface area contributed by atoms with Gasteiger partial charge in [-0.3, -0.25) is 0 Å². The van der Waals surface area contributed by atoms with Crippen LogP contribution in [0.1, 0.15) is 33.4 Å². The van der Waals surface area contributed by atoms with E-state index in [0.29, 0.717) is 0 Å². The van der Waals surface area contributed by atoms with Gasteiger partial charge in [0.15, 0.2) is 0 Å². The highest BCUT2D eigenvalue weighted by Gasteiger charge is 2.23. The van der Waals surface area contributed by atoms with Gasteiger partial charge >= 0.3 is 8.38 Å². The average molecular weight is 378 g/mol. The molecule has 0 unspecified atom stereocenters. The topological polar surface area (TPSA) is 18.5 Å². The molecule has 3 heteroatoms. The molecule has 0 saturated carbocycles. The summed E-state index contributed by atoms with van der Waals surface area (Å²) in [6.45, 7) is 12.7. The van der Waals surface area contributed by atoms with Crippen molar-refractivity contribution >= 4 is 13.7 Å². The molecule has 0 heterocycles. The third kappa shape index (κ3) is 4.17. The molecule has 0 aliphatic heterocycles. The third-order valence-electron chi connectivity index (χ3n) is 5.25. The van der Waals surface area contributed by atoms with E-state index in [4.69, 9.17) is 9.05 Å². The normalized spacial score (nSPS) is 10.9. The van der Waals surface area contributed by atoms with E-state index in [1.54, 1.807) is 0 Å². The van der Waals surface area contributed by atoms with Crippen LogP contribution in [0.3, 0.4) is 0 Å². The first-order valence-corrected chi connectivity index (χ1v) is 10.4. The fraction of sp³-hybridized carbons (Fsp3) is 0.250. The standard InChI is InChI=1S/C24H27O2P/c1-16-10-7-13-22(19(16)4)25-27(24-15-9-12-18(3)21(24)6)26-23-14-8-11-17(2)20(23)5/h7-15H,1-6H3. The second-order valence-corrected chi connectivity index (χ2v) is 8.42. The molecule has 0 atom stereocenters. The van der Waals surface area contributed by atoms with E-state index >= 15 is 0 Å². The van der Waals surface area contributed by atoms with Crippen LogP contribution in [0.5, 0.6) is 11.5 Å². The molecule has 0 aromatic heterocycles. The quantitative estimate of drug-likeness (QED) is 0.464. The minimum Gasteiger partial charge on any atom is -0.435 e. The number of benzene rings is 3. The van der Waals surface area contributed by atoms with Crippen LogP contribution in [0.25, 0.3) is 0 Å². The minimum atomic E-state index is -1.30. The van der Waals surface area contributed by atoms with Crippen LogP contribution < -0.4 is 14.4 Å². The first-order chi connectivity index (χ1) is 12.9. The maximum Gasteiger partial charge on any atom is 0.326 e. The largest absolute Gasteiger partial charge is 0.435 e. The van der Waals surface area contributed by atoms with Crippen LogP contribution in [0.2, 0.25) is 0 Å². The zero-order valence-corrected chi connectivity index (χ0v) is 17.9. The fourth-order valence-electron chi connectivity index (χ4n) is 2.88. The van der Waals surface area contributed by atoms with Gasteiger partial charge in [-0.2, -0.15) is 0 Å². The number of rotatable bonds is 5. The maximum absolute atomic E-state index is 6.49. The summed E-state index contributed by atoms with van der Waals surface area (Å²) in [5.41, 5.74) is 7.21. The fourth-order valence-corrected chi connectivity index (χ4v) is 4.52. The highest BCUT2D eigenvalue weighted by Crippen LogP contribution is 2.43. The Morgan fingerprint density at radius 1 is 0.519 bits per heavy atom. The summed E-state index contributed by atoms with van der Waals surface area (Å²) < 4.78 is 13.0. The van der Waals surface area contributed by atoms with Crippen molar-refractivity contribution in [3.05, 3.63) is 88.0 Å². The molecule has 27 heavy (non-hydrogen) atoms. The van der Waals surface area contributed by atoms with Gasteiger partial charge in [0.2, 0.25) is 0 Å². The SMILES string of the molecule is Cc1cccc(OP(Oc2cccc(C)c2C)c2cccc(C)c2C)c1C. The van der Waals surface area contributed by atoms with Gasteiger partial charge in [-0.15, -0.1) is 0 Å². The van der Waals surface area contributed by atoms with Gasteiger partial charge in [0, 0.05) is 0 Å². The van der Waals surface area contributed by atoms with Crippen molar-refractivity contribution in [1.82, 2.24) is 0 Å². The summed E-state index contributed by atoms with van der Waals surface area (Å²) in [5, 5.41) is 1.12. The van der Waals surface area contributed by atoms with Crippen molar-refractivity contribution in [2.45, 2.75) is 41.5 Å². The molecule has 0 saturated heterocycles. The zero-order valence-electron chi connectivity index (χ0n) is 17.0. The molecule has 3 aromatic carbocycles. The molecule has 0 aliphatic carbocycles. The predicted octanol–water partition coefficient (Wildman–Crippen LogP) is 6.63. The summed E-state index contributed by atoms with van der Waals surface area (Å²) in [5.74, 6) is 1.76. The molecular formula is C24H27O2P. The van der Waals surface area contributed by atoms with Crippen molar-refractivity contribution in [1.29, 1.82) is 0 Å². The first kappa shape index (κ1) is 19.5. The van der Waals surface area contributed by atoms with Gasteiger partial charge in [0.1, 0.15) is 11.5 Å². The number of hydrogen-bond donors (Lipinski definition) is 0. The van der Waals surface area contributed by atoms with Gasteiger partial charge in [0.25, 0.3) is 0 Å². The van der Waals surface area contributed by atoms with Crippen molar-refractivity contribution in [2.75, 3.05) is 0 Å². The Morgan fingerprint density at radius 3 is 1.41 bits per heavy atom. The molecule has 0 amide bonds. The lowest BCUT2D eigenvalue weighted by molar-refractivity contribution is 0.497. The van der Waals surface area contributed by atoms with Crippen LogP contribution >= 0.6 is 8.38 Å². The highest BCUT2D eigenvalue weighted by molar-refractivity contribution is 7.56. The van der Waals surface area contributed by atoms with Gasteiger partial charge < -0.3 is 9.05 Å². The summed E-state index contributed by atoms with van der Waals surface area (Å²) >= 11 is 0. The van der Waals surface area contributed by atoms with E-state index in [-0.39, 0.29) is 0 Å². The van der Waals surface area contributed by atoms with E-state index in [9.17, 15) is 0 Å². The van der Waals surface area contributed by atoms with E-state index in [1.165, 1.54) is 22.3 Å². The Hall–Kier alpha value is -2.31. The van der Waals surface area contributed by atoms with E-state index < -0.39 is 8.38 Å². The maximum atomic E-state index is 6.49. The first-order valence-electron chi connectivity index (χ1n) is 9.23. The monoisotopic (exact) mass is 378 g/mol. The Labute approximate surface area is 164 Å². The Bertz CT molecular complexity index is 909. The van der Waals surface area contributed by atoms with Gasteiger partial charge in [-0.1, -0.05) is 36.4 Å². The lowest BCUT2D eigenvalue weighted by Crippen LogP contribution is -2.15. The van der Waals surface area contributed by atoms with E-state index in [1.807, 2.05) is 24.3 Å². The predicted molar refractivity (Wildman–Crippen MR) is 116 cm³/mol. The molecule has 0 aliphatic rings. The molecule has 3 rings (SSSR count). The number of aryl methyl sites for hydroxylation is 3. The molecule has 0 radical (unpaired) electrons. The van der Waals surface area contributed by atoms with Crippen molar-refractivity contribution < 1.29 is 9.05 Å². The average Bonchev–Trinajstić information content (AvgIpc) is 2.64. The van der Waals surface area contributed by atoms with E-state index in [2.05, 4.69) is 71.9 Å². The lowest BCUT2D eigenvalue weighted by Gasteiger charge is -2.23. The van der Waals surface area contributed by atoms with Crippen LogP contribution in [-0.2, 0) is 0 Å². The van der Waals surface area contributed by atoms with Crippen molar-refractivity contribution in [2.24, 2.45) is 0 Å². The molecule has 0 spiro atoms. The Morgan fingerprint density at radius 2 is 0.926 bits per heavy atom. The van der Waals surface area contributed by atoms with Gasteiger partial charge in [0.05, 0.1) is 5.30 Å². The third-order valence-corrected chi connectivity index (χ3v) is 6.85. The van der Waals surface area contributed by atoms with E-state index in [0.717, 1.165) is 27.9 Å². The smallest absolute Gasteiger partial charge is 0.326 e. The van der Waals surface area contributed by atoms with Crippen LogP contribution in [0, 0.1) is 41.5 Å². The molecule has 0 N–H and O–H groups in total. The summed E-state index contributed by atoms with van der Waals surface area (Å²) in [7, 11) is -1.30. The molecule has 140 valence electrons. The van der Waals surface area contributed by atoms with Crippen LogP contribution in [-0.4, -0.2) is 0 Å². The minimum absolute atomic E-state index is 0.882. The van der Waals surface area contributed by atoms with Crippen molar-refractivity contribution in [3.63, 3.8) is 0 Å². The molecule has 0 fully saturated rings. The molecule has 2 nitrogen and oxygen atoms in total. The molecule has 3 aromatic rings. The van der Waals surface area contributed by atoms with Crippen LogP contribution in [0.15, 0.2) is 54.6 Å². The lowest BCUT2D eigenvalue weighted by atomic mass is 10.1. The van der Waals surface area contributed by atoms with Crippen molar-refractivity contribution in [3.8, 4) is 11.5 Å². The summed E-state index contributed by atoms with van der Waals surface area (Å²) in [6, 6.07) is 18.6. The second kappa shape index (κ2) is 8.15. The summed E-state index contributed by atoms with van der Waals surface area (Å²) in [6.07, 6.45) is 0. The Kier molecular flexibility index (Phi) is 5.87. The second-order valence-electron chi connectivity index (χ2n) is 7.05.